The number of halogens is 5. The third-order valence-electron chi connectivity index (χ3n) is 21.4. The molecule has 1 aliphatic rings. The normalized spacial score (nSPS) is 11.1. The summed E-state index contributed by atoms with van der Waals surface area (Å²) in [7, 11) is 0. The highest BCUT2D eigenvalue weighted by Crippen LogP contribution is 2.42. The number of carbonyl (C=O) groups excluding carboxylic acids is 7. The third-order valence-corrected chi connectivity index (χ3v) is 28.5. The number of phenolic OH excluding ortho intramolecular Hbond substituents is 4. The molecule has 0 saturated carbocycles. The monoisotopic (exact) mass is 2020 g/mol. The second kappa shape index (κ2) is 46.0. The van der Waals surface area contributed by atoms with Gasteiger partial charge < -0.3 is 68.4 Å². The van der Waals surface area contributed by atoms with Gasteiger partial charge in [0.15, 0.2) is 0 Å². The van der Waals surface area contributed by atoms with Gasteiger partial charge in [0.2, 0.25) is 5.91 Å². The molecular weight excluding hydrogens is 1940 g/mol. The topological polar surface area (TPSA) is 326 Å². The number of thiophene rings is 6. The number of nitrogen functional groups attached to an aromatic ring is 1. The average molecular weight is 2030 g/mol. The van der Waals surface area contributed by atoms with E-state index in [2.05, 4.69) is 60.4 Å². The van der Waals surface area contributed by atoms with E-state index < -0.39 is 23.3 Å². The van der Waals surface area contributed by atoms with Gasteiger partial charge in [0.05, 0.1) is 52.0 Å². The molecule has 712 valence electrons. The zero-order valence-electron chi connectivity index (χ0n) is 75.8. The second-order valence-corrected chi connectivity index (χ2v) is 39.0. The Morgan fingerprint density at radius 1 is 0.359 bits per heavy atom. The van der Waals surface area contributed by atoms with E-state index in [1.807, 2.05) is 228 Å². The van der Waals surface area contributed by atoms with Gasteiger partial charge in [-0.3, -0.25) is 33.6 Å². The molecule has 1 aliphatic heterocycles. The van der Waals surface area contributed by atoms with Crippen molar-refractivity contribution in [3.8, 4) is 85.6 Å². The van der Waals surface area contributed by atoms with Crippen LogP contribution in [-0.2, 0) is 17.4 Å². The van der Waals surface area contributed by atoms with E-state index in [9.17, 15) is 71.5 Å². The number of nitrogens with two attached hydrogens (primary N) is 1. The Morgan fingerprint density at radius 2 is 0.761 bits per heavy atom. The number of nitrogens with one attached hydrogen (secondary N) is 8. The number of fused-ring (bicyclic) bond motifs is 2. The molecule has 12 aromatic carbocycles. The van der Waals surface area contributed by atoms with Gasteiger partial charge in [0.1, 0.15) is 28.8 Å². The number of aryl methyl sites for hydroxylation is 4. The van der Waals surface area contributed by atoms with E-state index in [0.717, 1.165) is 143 Å². The Balaban J connectivity index is 0.000000129. The van der Waals surface area contributed by atoms with Gasteiger partial charge in [0, 0.05) is 80.8 Å². The molecule has 19 aromatic rings. The molecule has 20 rings (SSSR count). The number of hydrogen-bond donors (Lipinski definition) is 13. The minimum Gasteiger partial charge on any atom is -0.508 e. The number of hydrogen-bond acceptors (Lipinski definition) is 18. The maximum Gasteiger partial charge on any atom is 0.419 e. The molecule has 142 heavy (non-hydrogen) atoms. The number of aromatic hydroxyl groups is 4. The smallest absolute Gasteiger partial charge is 0.419 e. The summed E-state index contributed by atoms with van der Waals surface area (Å²) in [6.07, 6.45) is -2.34. The predicted octanol–water partition coefficient (Wildman–Crippen LogP) is 29.4. The van der Waals surface area contributed by atoms with Crippen LogP contribution in [-0.4, -0.2) is 66.8 Å². The van der Waals surface area contributed by atoms with Crippen LogP contribution in [0.2, 0.25) is 5.02 Å². The summed E-state index contributed by atoms with van der Waals surface area (Å²) >= 11 is 14.0. The lowest BCUT2D eigenvalue weighted by Crippen LogP contribution is -2.11. The molecule has 7 amide bonds. The van der Waals surface area contributed by atoms with Crippen molar-refractivity contribution in [1.82, 2.24) is 4.98 Å². The summed E-state index contributed by atoms with van der Waals surface area (Å²) in [4.78, 5) is 97.5. The number of carbonyl (C=O) groups is 7. The Morgan fingerprint density at radius 3 is 1.23 bits per heavy atom. The fourth-order valence-corrected chi connectivity index (χ4v) is 19.9. The number of rotatable bonds is 18. The minimum atomic E-state index is -4.65. The van der Waals surface area contributed by atoms with E-state index in [4.69, 9.17) is 17.3 Å². The van der Waals surface area contributed by atoms with Gasteiger partial charge in [-0.25, -0.2) is 4.39 Å². The molecule has 0 spiro atoms. The number of alkyl halides is 3. The van der Waals surface area contributed by atoms with E-state index in [0.29, 0.717) is 57.0 Å². The zero-order valence-corrected chi connectivity index (χ0v) is 81.4. The maximum atomic E-state index is 13.5. The third kappa shape index (κ3) is 26.8. The number of aromatic amines is 1. The Kier molecular flexibility index (Phi) is 32.4. The number of para-hydroxylation sites is 2. The van der Waals surface area contributed by atoms with Crippen LogP contribution in [0.15, 0.2) is 352 Å². The standard InChI is InChI=1S/C21H15N3O2S.C19H14F3NO2S.C18H14ClNO2S.C18H16N2OS.C18H15NO2S.C17H12FNO2S/c25-20-10-13-3-4-15(11-17(13)24-20)23-21(26)19-6-5-18(27-19)14-2-1-12-7-8-22-16(12)9-14;1-11-3-2-4-13(9-11)23-18(25)17-8-7-16(26-17)12-5-6-15(24)14(10-12)19(20,21)22;1-11-3-2-4-13(9-11)20-18(22)17-8-7-16(23-17)12-5-6-15(21)14(19)10-12;1-12-4-2-7-15(10-12)20-18(21)17-9-8-16(22-17)13-5-3-6-14(19)11-13;1-12-4-2-3-5-15(12)19-18(21)17-11-10-16(22-17)13-6-8-14(20)9-7-13;18-13-6-1-2-7-14(13)19-17(21)16-9-8-15(22-16)11-4-3-5-12(20)10-11/h1-9,11,22H,10H2,(H,23,26)(H,24,25);2-10,24H,1H3,(H,23,25);2-10,21H,1H3,(H,20,22);2-11H,19H2,1H3,(H,20,21);2-11,20H,1H3,(H,19,21);1-10,20H,(H,19,21). The highest BCUT2D eigenvalue weighted by molar-refractivity contribution is 7.19. The van der Waals surface area contributed by atoms with Gasteiger partial charge in [-0.15, -0.1) is 68.0 Å². The molecule has 0 saturated heterocycles. The molecule has 0 fully saturated rings. The van der Waals surface area contributed by atoms with Gasteiger partial charge >= 0.3 is 6.18 Å². The number of amides is 7. The number of H-pyrrole nitrogens is 1. The highest BCUT2D eigenvalue weighted by Gasteiger charge is 2.34. The molecule has 20 nitrogen and oxygen atoms in total. The first-order valence-electron chi connectivity index (χ1n) is 43.6. The number of phenols is 4. The molecule has 8 heterocycles. The van der Waals surface area contributed by atoms with Crippen LogP contribution >= 0.6 is 79.6 Å². The fraction of sp³-hybridized carbons (Fsp3) is 0.0541. The molecule has 0 bridgehead atoms. The van der Waals surface area contributed by atoms with Gasteiger partial charge in [-0.1, -0.05) is 121 Å². The zero-order chi connectivity index (χ0) is 100. The van der Waals surface area contributed by atoms with Crippen LogP contribution in [0.1, 0.15) is 91.4 Å². The lowest BCUT2D eigenvalue weighted by molar-refractivity contribution is -0.138. The molecule has 7 aromatic heterocycles. The van der Waals surface area contributed by atoms with Crippen molar-refractivity contribution in [3.63, 3.8) is 0 Å². The van der Waals surface area contributed by atoms with Crippen LogP contribution in [0, 0.1) is 33.5 Å². The van der Waals surface area contributed by atoms with Crippen molar-refractivity contribution in [2.24, 2.45) is 0 Å². The molecule has 14 N–H and O–H groups in total. The first-order chi connectivity index (χ1) is 68.3. The maximum absolute atomic E-state index is 13.5. The van der Waals surface area contributed by atoms with Gasteiger partial charge in [-0.05, 0) is 331 Å². The predicted molar refractivity (Wildman–Crippen MR) is 569 cm³/mol. The van der Waals surface area contributed by atoms with Crippen molar-refractivity contribution in [2.75, 3.05) is 43.0 Å². The lowest BCUT2D eigenvalue weighted by atomic mass is 10.1. The Bertz CT molecular complexity index is 7850. The fourth-order valence-electron chi connectivity index (χ4n) is 14.3. The van der Waals surface area contributed by atoms with Crippen LogP contribution in [0.25, 0.3) is 73.5 Å². The Labute approximate surface area is 841 Å². The van der Waals surface area contributed by atoms with Crippen molar-refractivity contribution in [3.05, 3.63) is 425 Å². The van der Waals surface area contributed by atoms with Gasteiger partial charge in [0.25, 0.3) is 35.4 Å². The summed E-state index contributed by atoms with van der Waals surface area (Å²) in [5, 5.41) is 58.9. The van der Waals surface area contributed by atoms with Crippen LogP contribution < -0.4 is 43.0 Å². The van der Waals surface area contributed by atoms with Gasteiger partial charge in [-0.2, -0.15) is 13.2 Å². The summed E-state index contributed by atoms with van der Waals surface area (Å²) in [6, 6.07) is 102. The minimum absolute atomic E-state index is 0.0181. The van der Waals surface area contributed by atoms with Crippen molar-refractivity contribution >= 4 is 177 Å². The van der Waals surface area contributed by atoms with Crippen LogP contribution in [0.5, 0.6) is 23.0 Å². The highest BCUT2D eigenvalue weighted by atomic mass is 35.5. The van der Waals surface area contributed by atoms with Crippen molar-refractivity contribution < 1.29 is 71.5 Å². The lowest BCUT2D eigenvalue weighted by Gasteiger charge is -2.10. The van der Waals surface area contributed by atoms with Crippen LogP contribution in [0.4, 0.5) is 63.1 Å². The van der Waals surface area contributed by atoms with E-state index in [-0.39, 0.29) is 69.8 Å². The number of aromatic nitrogens is 1. The molecule has 0 unspecified atom stereocenters. The van der Waals surface area contributed by atoms with E-state index >= 15 is 0 Å². The molecule has 0 radical (unpaired) electrons. The largest absolute Gasteiger partial charge is 0.508 e. The van der Waals surface area contributed by atoms with Crippen LogP contribution in [0.3, 0.4) is 0 Å². The first kappa shape index (κ1) is 100. The Hall–Kier alpha value is -16.3. The SMILES string of the molecule is Cc1cccc(NC(=O)c2ccc(-c3ccc(O)c(C(F)(F)F)c3)s2)c1.Cc1cccc(NC(=O)c2ccc(-c3ccc(O)c(Cl)c3)s2)c1.Cc1cccc(NC(=O)c2ccc(-c3cccc(N)c3)s2)c1.Cc1ccccc1NC(=O)c1ccc(-c2ccc(O)cc2)s1.O=C(Nc1ccccc1F)c1ccc(-c2cccc(O)c2)s1.O=C1Cc2ccc(NC(=O)c3ccc(-c4ccc5cc[nH]c5c4)s3)cc2N1. The molecule has 0 aliphatic carbocycles. The molecular formula is C111H86ClF4N9O11S6. The second-order valence-electron chi connectivity index (χ2n) is 32.1. The number of benzene rings is 12. The number of anilines is 8. The summed E-state index contributed by atoms with van der Waals surface area (Å²) < 4.78 is 52.3. The summed E-state index contributed by atoms with van der Waals surface area (Å²) in [5.41, 5.74) is 21.4. The first-order valence-corrected chi connectivity index (χ1v) is 48.9. The summed E-state index contributed by atoms with van der Waals surface area (Å²) in [5.74, 6) is -2.05. The van der Waals surface area contributed by atoms with E-state index in [1.165, 1.54) is 74.9 Å². The average Bonchev–Trinajstić information content (AvgIpc) is 1.78. The summed E-state index contributed by atoms with van der Waals surface area (Å²) in [6.45, 7) is 7.85. The van der Waals surface area contributed by atoms with Crippen molar-refractivity contribution in [1.29, 1.82) is 0 Å². The molecule has 31 heteroatoms. The molecule has 0 atom stereocenters. The van der Waals surface area contributed by atoms with E-state index in [1.54, 1.807) is 103 Å². The quantitative estimate of drug-likeness (QED) is 0.0282. The van der Waals surface area contributed by atoms with Crippen molar-refractivity contribution in [2.45, 2.75) is 40.3 Å².